The van der Waals surface area contributed by atoms with Crippen molar-refractivity contribution < 1.29 is 0 Å². The number of allylic oxidation sites excluding steroid dienone is 2. The molecule has 0 aromatic rings. The first-order chi connectivity index (χ1) is 5.76. The van der Waals surface area contributed by atoms with Gasteiger partial charge in [-0.3, -0.25) is 0 Å². The van der Waals surface area contributed by atoms with E-state index < -0.39 is 0 Å². The summed E-state index contributed by atoms with van der Waals surface area (Å²) >= 11 is 0. The SMILES string of the molecule is CCCC=C(CCC)N(C)CC. The van der Waals surface area contributed by atoms with Gasteiger partial charge < -0.3 is 4.90 Å². The average Bonchev–Trinajstić information content (AvgIpc) is 2.11. The van der Waals surface area contributed by atoms with E-state index in [1.54, 1.807) is 0 Å². The molecule has 0 saturated carbocycles. The molecule has 0 aliphatic heterocycles. The first-order valence-electron chi connectivity index (χ1n) is 5.16. The maximum Gasteiger partial charge on any atom is 0.0143 e. The molecule has 0 atom stereocenters. The minimum atomic E-state index is 1.12. The van der Waals surface area contributed by atoms with Crippen molar-refractivity contribution in [2.75, 3.05) is 13.6 Å². The molecular weight excluding hydrogens is 146 g/mol. The van der Waals surface area contributed by atoms with Crippen molar-refractivity contribution >= 4 is 0 Å². The zero-order valence-electron chi connectivity index (χ0n) is 9.06. The van der Waals surface area contributed by atoms with E-state index in [2.05, 4.69) is 38.8 Å². The molecule has 0 saturated heterocycles. The molecule has 0 fully saturated rings. The van der Waals surface area contributed by atoms with Gasteiger partial charge in [0.25, 0.3) is 0 Å². The number of hydrogen-bond donors (Lipinski definition) is 0. The van der Waals surface area contributed by atoms with E-state index in [0.717, 1.165) is 6.54 Å². The monoisotopic (exact) mass is 169 g/mol. The average molecular weight is 169 g/mol. The van der Waals surface area contributed by atoms with Gasteiger partial charge in [0.15, 0.2) is 0 Å². The maximum atomic E-state index is 2.38. The van der Waals surface area contributed by atoms with Crippen LogP contribution in [-0.4, -0.2) is 18.5 Å². The third-order valence-corrected chi connectivity index (χ3v) is 2.14. The van der Waals surface area contributed by atoms with Crippen molar-refractivity contribution in [3.63, 3.8) is 0 Å². The fourth-order valence-corrected chi connectivity index (χ4v) is 1.22. The summed E-state index contributed by atoms with van der Waals surface area (Å²) < 4.78 is 0. The van der Waals surface area contributed by atoms with Crippen LogP contribution in [0.3, 0.4) is 0 Å². The lowest BCUT2D eigenvalue weighted by Gasteiger charge is -2.20. The summed E-state index contributed by atoms with van der Waals surface area (Å²) in [7, 11) is 2.18. The Morgan fingerprint density at radius 3 is 2.25 bits per heavy atom. The topological polar surface area (TPSA) is 3.24 Å². The predicted octanol–water partition coefficient (Wildman–Crippen LogP) is 3.42. The van der Waals surface area contributed by atoms with Gasteiger partial charge in [-0.2, -0.15) is 0 Å². The smallest absolute Gasteiger partial charge is 0.0143 e. The van der Waals surface area contributed by atoms with E-state index in [1.165, 1.54) is 31.4 Å². The molecule has 0 rings (SSSR count). The fourth-order valence-electron chi connectivity index (χ4n) is 1.22. The van der Waals surface area contributed by atoms with Crippen LogP contribution in [0.5, 0.6) is 0 Å². The summed E-state index contributed by atoms with van der Waals surface area (Å²) in [5.41, 5.74) is 1.52. The Kier molecular flexibility index (Phi) is 6.93. The van der Waals surface area contributed by atoms with Crippen LogP contribution >= 0.6 is 0 Å². The molecule has 0 aromatic carbocycles. The molecule has 1 nitrogen and oxygen atoms in total. The first-order valence-corrected chi connectivity index (χ1v) is 5.16. The summed E-state index contributed by atoms with van der Waals surface area (Å²) in [6.45, 7) is 7.79. The highest BCUT2D eigenvalue weighted by Gasteiger charge is 1.99. The predicted molar refractivity (Wildman–Crippen MR) is 56.2 cm³/mol. The number of nitrogens with zero attached hydrogens (tertiary/aromatic N) is 1. The number of hydrogen-bond acceptors (Lipinski definition) is 1. The van der Waals surface area contributed by atoms with Crippen LogP contribution in [0.4, 0.5) is 0 Å². The van der Waals surface area contributed by atoms with Crippen LogP contribution in [0.25, 0.3) is 0 Å². The van der Waals surface area contributed by atoms with E-state index in [1.807, 2.05) is 0 Å². The minimum absolute atomic E-state index is 1.12. The van der Waals surface area contributed by atoms with Crippen LogP contribution in [-0.2, 0) is 0 Å². The van der Waals surface area contributed by atoms with Crippen LogP contribution in [0.1, 0.15) is 46.5 Å². The Bertz CT molecular complexity index is 127. The lowest BCUT2D eigenvalue weighted by atomic mass is 10.2. The van der Waals surface area contributed by atoms with Crippen molar-refractivity contribution in [1.29, 1.82) is 0 Å². The minimum Gasteiger partial charge on any atom is -0.378 e. The normalized spacial score (nSPS) is 11.8. The standard InChI is InChI=1S/C11H23N/c1-5-8-10-11(9-6-2)12(4)7-3/h10H,5-9H2,1-4H3. The number of unbranched alkanes of at least 4 members (excludes halogenated alkanes) is 1. The molecule has 0 aliphatic rings. The Hall–Kier alpha value is -0.460. The van der Waals surface area contributed by atoms with E-state index in [-0.39, 0.29) is 0 Å². The van der Waals surface area contributed by atoms with Gasteiger partial charge in [0.1, 0.15) is 0 Å². The zero-order chi connectivity index (χ0) is 9.40. The Balaban J connectivity index is 4.01. The van der Waals surface area contributed by atoms with Gasteiger partial charge >= 0.3 is 0 Å². The molecule has 0 amide bonds. The van der Waals surface area contributed by atoms with Gasteiger partial charge in [-0.05, 0) is 19.8 Å². The third kappa shape index (κ3) is 4.42. The van der Waals surface area contributed by atoms with Gasteiger partial charge in [0, 0.05) is 19.3 Å². The van der Waals surface area contributed by atoms with Crippen LogP contribution < -0.4 is 0 Å². The molecule has 0 aliphatic carbocycles. The molecule has 0 N–H and O–H groups in total. The highest BCUT2D eigenvalue weighted by atomic mass is 15.1. The van der Waals surface area contributed by atoms with Crippen molar-refractivity contribution in [3.05, 3.63) is 11.8 Å². The molecule has 12 heavy (non-hydrogen) atoms. The summed E-state index contributed by atoms with van der Waals surface area (Å²) in [4.78, 5) is 2.35. The van der Waals surface area contributed by atoms with Crippen molar-refractivity contribution in [2.24, 2.45) is 0 Å². The quantitative estimate of drug-likeness (QED) is 0.589. The van der Waals surface area contributed by atoms with Gasteiger partial charge in [-0.25, -0.2) is 0 Å². The van der Waals surface area contributed by atoms with Gasteiger partial charge in [-0.15, -0.1) is 0 Å². The van der Waals surface area contributed by atoms with E-state index in [0.29, 0.717) is 0 Å². The molecule has 0 heterocycles. The van der Waals surface area contributed by atoms with E-state index >= 15 is 0 Å². The number of rotatable bonds is 6. The van der Waals surface area contributed by atoms with Crippen LogP contribution in [0.2, 0.25) is 0 Å². The molecule has 0 unspecified atom stereocenters. The van der Waals surface area contributed by atoms with Gasteiger partial charge in [-0.1, -0.05) is 32.8 Å². The first kappa shape index (κ1) is 11.5. The molecular formula is C11H23N. The van der Waals surface area contributed by atoms with Gasteiger partial charge in [0.2, 0.25) is 0 Å². The summed E-state index contributed by atoms with van der Waals surface area (Å²) in [6.07, 6.45) is 7.33. The third-order valence-electron chi connectivity index (χ3n) is 2.14. The lowest BCUT2D eigenvalue weighted by molar-refractivity contribution is 0.419. The van der Waals surface area contributed by atoms with Crippen LogP contribution in [0.15, 0.2) is 11.8 Å². The summed E-state index contributed by atoms with van der Waals surface area (Å²) in [6, 6.07) is 0. The molecule has 72 valence electrons. The molecule has 0 bridgehead atoms. The van der Waals surface area contributed by atoms with E-state index in [4.69, 9.17) is 0 Å². The van der Waals surface area contributed by atoms with Crippen molar-refractivity contribution in [2.45, 2.75) is 46.5 Å². The maximum absolute atomic E-state index is 2.38. The zero-order valence-corrected chi connectivity index (χ0v) is 9.06. The second-order valence-corrected chi connectivity index (χ2v) is 3.25. The van der Waals surface area contributed by atoms with Crippen LogP contribution in [0, 0.1) is 0 Å². The molecule has 0 spiro atoms. The van der Waals surface area contributed by atoms with Crippen molar-refractivity contribution in [1.82, 2.24) is 4.90 Å². The molecule has 0 radical (unpaired) electrons. The highest BCUT2D eigenvalue weighted by molar-refractivity contribution is 4.99. The summed E-state index contributed by atoms with van der Waals surface area (Å²) in [5, 5.41) is 0. The Morgan fingerprint density at radius 2 is 1.83 bits per heavy atom. The van der Waals surface area contributed by atoms with Crippen molar-refractivity contribution in [3.8, 4) is 0 Å². The lowest BCUT2D eigenvalue weighted by Crippen LogP contribution is -2.16. The second kappa shape index (κ2) is 7.20. The molecule has 0 aromatic heterocycles. The molecule has 1 heteroatoms. The largest absolute Gasteiger partial charge is 0.378 e. The Labute approximate surface area is 77.5 Å². The highest BCUT2D eigenvalue weighted by Crippen LogP contribution is 2.10. The fraction of sp³-hybridized carbons (Fsp3) is 0.818. The second-order valence-electron chi connectivity index (χ2n) is 3.25. The van der Waals surface area contributed by atoms with Gasteiger partial charge in [0.05, 0.1) is 0 Å². The summed E-state index contributed by atoms with van der Waals surface area (Å²) in [5.74, 6) is 0. The van der Waals surface area contributed by atoms with E-state index in [9.17, 15) is 0 Å². The Morgan fingerprint density at radius 1 is 1.17 bits per heavy atom.